The SMILES string of the molecule is COC(=O)Oc1cc2ccccc2n1-c1ccccc1. The number of ether oxygens (including phenoxy) is 2. The number of carbonyl (C=O) groups excluding carboxylic acids is 1. The van der Waals surface area contributed by atoms with Crippen LogP contribution in [0.15, 0.2) is 60.7 Å². The van der Waals surface area contributed by atoms with Crippen molar-refractivity contribution in [3.05, 3.63) is 60.7 Å². The Hall–Kier alpha value is -2.75. The number of benzene rings is 2. The summed E-state index contributed by atoms with van der Waals surface area (Å²) in [4.78, 5) is 11.4. The van der Waals surface area contributed by atoms with Crippen molar-refractivity contribution >= 4 is 17.1 Å². The van der Waals surface area contributed by atoms with Crippen LogP contribution in [0.2, 0.25) is 0 Å². The van der Waals surface area contributed by atoms with Gasteiger partial charge in [-0.1, -0.05) is 36.4 Å². The molecule has 0 saturated carbocycles. The zero-order chi connectivity index (χ0) is 13.9. The number of rotatable bonds is 2. The van der Waals surface area contributed by atoms with E-state index in [1.807, 2.05) is 65.2 Å². The minimum absolute atomic E-state index is 0.434. The number of para-hydroxylation sites is 2. The van der Waals surface area contributed by atoms with Crippen molar-refractivity contribution in [2.24, 2.45) is 0 Å². The van der Waals surface area contributed by atoms with Gasteiger partial charge in [0.05, 0.1) is 12.6 Å². The zero-order valence-electron chi connectivity index (χ0n) is 10.9. The average Bonchev–Trinajstić information content (AvgIpc) is 2.85. The van der Waals surface area contributed by atoms with Crippen LogP contribution in [0, 0.1) is 0 Å². The topological polar surface area (TPSA) is 40.5 Å². The van der Waals surface area contributed by atoms with Crippen LogP contribution in [0.4, 0.5) is 4.79 Å². The minimum atomic E-state index is -0.731. The van der Waals surface area contributed by atoms with Gasteiger partial charge in [0, 0.05) is 17.1 Å². The predicted molar refractivity (Wildman–Crippen MR) is 76.3 cm³/mol. The normalized spacial score (nSPS) is 10.4. The maximum absolute atomic E-state index is 11.4. The first-order valence-electron chi connectivity index (χ1n) is 6.21. The maximum Gasteiger partial charge on any atom is 0.514 e. The Kier molecular flexibility index (Phi) is 3.13. The molecule has 0 atom stereocenters. The standard InChI is InChI=1S/C16H13NO3/c1-19-16(18)20-15-11-12-7-5-6-10-14(12)17(15)13-8-3-2-4-9-13/h2-11H,1H3. The van der Waals surface area contributed by atoms with Crippen LogP contribution in [0.1, 0.15) is 0 Å². The van der Waals surface area contributed by atoms with Gasteiger partial charge in [-0.25, -0.2) is 4.79 Å². The molecule has 3 aromatic rings. The molecule has 100 valence electrons. The summed E-state index contributed by atoms with van der Waals surface area (Å²) >= 11 is 0. The fraction of sp³-hybridized carbons (Fsp3) is 0.0625. The van der Waals surface area contributed by atoms with Crippen LogP contribution < -0.4 is 4.74 Å². The lowest BCUT2D eigenvalue weighted by Crippen LogP contribution is -2.10. The molecule has 20 heavy (non-hydrogen) atoms. The summed E-state index contributed by atoms with van der Waals surface area (Å²) in [6.07, 6.45) is -0.731. The molecule has 1 heterocycles. The van der Waals surface area contributed by atoms with E-state index in [9.17, 15) is 4.79 Å². The van der Waals surface area contributed by atoms with Crippen LogP contribution in [0.5, 0.6) is 5.88 Å². The van der Waals surface area contributed by atoms with Crippen molar-refractivity contribution in [2.75, 3.05) is 7.11 Å². The number of nitrogens with zero attached hydrogens (tertiary/aromatic N) is 1. The molecule has 0 bridgehead atoms. The Morgan fingerprint density at radius 2 is 1.70 bits per heavy atom. The quantitative estimate of drug-likeness (QED) is 0.663. The fourth-order valence-electron chi connectivity index (χ4n) is 2.18. The molecule has 0 aliphatic heterocycles. The number of hydrogen-bond donors (Lipinski definition) is 0. The third kappa shape index (κ3) is 2.12. The largest absolute Gasteiger partial charge is 0.514 e. The van der Waals surface area contributed by atoms with E-state index in [1.54, 1.807) is 0 Å². The van der Waals surface area contributed by atoms with Crippen molar-refractivity contribution in [2.45, 2.75) is 0 Å². The summed E-state index contributed by atoms with van der Waals surface area (Å²) < 4.78 is 11.7. The molecule has 0 radical (unpaired) electrons. The second-order valence-electron chi connectivity index (χ2n) is 4.27. The third-order valence-electron chi connectivity index (χ3n) is 3.05. The van der Waals surface area contributed by atoms with Crippen LogP contribution in [0.3, 0.4) is 0 Å². The van der Waals surface area contributed by atoms with Crippen molar-refractivity contribution in [1.82, 2.24) is 4.57 Å². The first-order valence-corrected chi connectivity index (χ1v) is 6.21. The summed E-state index contributed by atoms with van der Waals surface area (Å²) in [5.74, 6) is 0.434. The highest BCUT2D eigenvalue weighted by Crippen LogP contribution is 2.29. The van der Waals surface area contributed by atoms with Crippen molar-refractivity contribution < 1.29 is 14.3 Å². The lowest BCUT2D eigenvalue weighted by atomic mass is 10.2. The lowest BCUT2D eigenvalue weighted by molar-refractivity contribution is 0.119. The third-order valence-corrected chi connectivity index (χ3v) is 3.05. The summed E-state index contributed by atoms with van der Waals surface area (Å²) in [6, 6.07) is 19.4. The summed E-state index contributed by atoms with van der Waals surface area (Å²) in [7, 11) is 1.29. The minimum Gasteiger partial charge on any atom is -0.437 e. The highest BCUT2D eigenvalue weighted by molar-refractivity contribution is 5.85. The number of fused-ring (bicyclic) bond motifs is 1. The second kappa shape index (κ2) is 5.09. The molecule has 3 rings (SSSR count). The Morgan fingerprint density at radius 3 is 2.45 bits per heavy atom. The highest BCUT2D eigenvalue weighted by Gasteiger charge is 2.14. The van der Waals surface area contributed by atoms with Gasteiger partial charge in [0.25, 0.3) is 0 Å². The molecule has 4 heteroatoms. The Morgan fingerprint density at radius 1 is 1.00 bits per heavy atom. The molecular formula is C16H13NO3. The van der Waals surface area contributed by atoms with E-state index in [1.165, 1.54) is 7.11 Å². The highest BCUT2D eigenvalue weighted by atomic mass is 16.7. The molecular weight excluding hydrogens is 254 g/mol. The van der Waals surface area contributed by atoms with Crippen LogP contribution in [0.25, 0.3) is 16.6 Å². The average molecular weight is 267 g/mol. The molecule has 0 unspecified atom stereocenters. The summed E-state index contributed by atoms with van der Waals surface area (Å²) in [5, 5.41) is 0.996. The van der Waals surface area contributed by atoms with Crippen LogP contribution in [-0.4, -0.2) is 17.8 Å². The monoisotopic (exact) mass is 267 g/mol. The molecule has 0 spiro atoms. The molecule has 0 saturated heterocycles. The molecule has 0 fully saturated rings. The van der Waals surface area contributed by atoms with Gasteiger partial charge in [0.15, 0.2) is 0 Å². The van der Waals surface area contributed by atoms with Gasteiger partial charge >= 0.3 is 6.16 Å². The van der Waals surface area contributed by atoms with Gasteiger partial charge in [-0.2, -0.15) is 0 Å². The van der Waals surface area contributed by atoms with Crippen molar-refractivity contribution in [1.29, 1.82) is 0 Å². The Labute approximate surface area is 116 Å². The van der Waals surface area contributed by atoms with E-state index >= 15 is 0 Å². The van der Waals surface area contributed by atoms with Gasteiger partial charge in [0.1, 0.15) is 0 Å². The van der Waals surface area contributed by atoms with E-state index in [2.05, 4.69) is 4.74 Å². The first kappa shape index (κ1) is 12.3. The Balaban J connectivity index is 2.21. The Bertz CT molecular complexity index is 747. The van der Waals surface area contributed by atoms with E-state index in [0.29, 0.717) is 5.88 Å². The molecule has 0 amide bonds. The molecule has 2 aromatic carbocycles. The molecule has 0 aliphatic carbocycles. The van der Waals surface area contributed by atoms with E-state index < -0.39 is 6.16 Å². The van der Waals surface area contributed by atoms with Gasteiger partial charge in [0.2, 0.25) is 5.88 Å². The number of methoxy groups -OCH3 is 1. The first-order chi connectivity index (χ1) is 9.79. The molecule has 0 N–H and O–H groups in total. The fourth-order valence-corrected chi connectivity index (χ4v) is 2.18. The second-order valence-corrected chi connectivity index (χ2v) is 4.27. The molecule has 0 aliphatic rings. The van der Waals surface area contributed by atoms with Gasteiger partial charge in [-0.15, -0.1) is 0 Å². The predicted octanol–water partition coefficient (Wildman–Crippen LogP) is 3.78. The number of hydrogen-bond acceptors (Lipinski definition) is 3. The van der Waals surface area contributed by atoms with Gasteiger partial charge < -0.3 is 9.47 Å². The van der Waals surface area contributed by atoms with E-state index in [4.69, 9.17) is 4.74 Å². The van der Waals surface area contributed by atoms with Crippen LogP contribution >= 0.6 is 0 Å². The molecule has 1 aromatic heterocycles. The van der Waals surface area contributed by atoms with Gasteiger partial charge in [-0.3, -0.25) is 4.57 Å². The number of carbonyl (C=O) groups is 1. The summed E-state index contributed by atoms with van der Waals surface area (Å²) in [6.45, 7) is 0. The molecule has 4 nitrogen and oxygen atoms in total. The zero-order valence-corrected chi connectivity index (χ0v) is 10.9. The van der Waals surface area contributed by atoms with E-state index in [-0.39, 0.29) is 0 Å². The smallest absolute Gasteiger partial charge is 0.437 e. The van der Waals surface area contributed by atoms with E-state index in [0.717, 1.165) is 16.6 Å². The van der Waals surface area contributed by atoms with Gasteiger partial charge in [-0.05, 0) is 18.2 Å². The van der Waals surface area contributed by atoms with Crippen LogP contribution in [-0.2, 0) is 4.74 Å². The van der Waals surface area contributed by atoms with Crippen molar-refractivity contribution in [3.63, 3.8) is 0 Å². The maximum atomic E-state index is 11.4. The summed E-state index contributed by atoms with van der Waals surface area (Å²) in [5.41, 5.74) is 1.89. The lowest BCUT2D eigenvalue weighted by Gasteiger charge is -2.09. The van der Waals surface area contributed by atoms with Crippen molar-refractivity contribution in [3.8, 4) is 11.6 Å². The number of aromatic nitrogens is 1.